The maximum atomic E-state index is 13.1. The molecule has 0 spiro atoms. The predicted molar refractivity (Wildman–Crippen MR) is 48.3 cm³/mol. The average Bonchev–Trinajstić information content (AvgIpc) is 2.18. The number of hydrogen-bond donors (Lipinski definition) is 0. The van der Waals surface area contributed by atoms with E-state index < -0.39 is 0 Å². The molecule has 0 bridgehead atoms. The fourth-order valence-electron chi connectivity index (χ4n) is 1.21. The Morgan fingerprint density at radius 3 is 2.85 bits per heavy atom. The summed E-state index contributed by atoms with van der Waals surface area (Å²) in [5.74, 6) is 0.241. The van der Waals surface area contributed by atoms with Crippen LogP contribution in [-0.4, -0.2) is 12.1 Å². The van der Waals surface area contributed by atoms with Gasteiger partial charge in [-0.2, -0.15) is 0 Å². The van der Waals surface area contributed by atoms with Crippen molar-refractivity contribution in [1.82, 2.24) is 4.98 Å². The van der Waals surface area contributed by atoms with Crippen LogP contribution in [0.4, 0.5) is 4.39 Å². The Hall–Kier alpha value is -1.64. The van der Waals surface area contributed by atoms with Crippen LogP contribution < -0.4 is 4.74 Å². The van der Waals surface area contributed by atoms with Gasteiger partial charge in [-0.15, -0.1) is 0 Å². The minimum Gasteiger partial charge on any atom is -0.481 e. The SMILES string of the molecule is COc1ccc2c(F)cccc2n1. The Kier molecular flexibility index (Phi) is 1.85. The molecule has 0 aliphatic heterocycles. The molecular formula is C10H8FNO. The van der Waals surface area contributed by atoms with Gasteiger partial charge in [-0.05, 0) is 18.2 Å². The van der Waals surface area contributed by atoms with Crippen LogP contribution in [0.1, 0.15) is 0 Å². The zero-order valence-corrected chi connectivity index (χ0v) is 7.12. The van der Waals surface area contributed by atoms with Gasteiger partial charge < -0.3 is 4.74 Å². The first kappa shape index (κ1) is 7.98. The van der Waals surface area contributed by atoms with Gasteiger partial charge in [0.1, 0.15) is 5.82 Å². The highest BCUT2D eigenvalue weighted by atomic mass is 19.1. The summed E-state index contributed by atoms with van der Waals surface area (Å²) in [5, 5.41) is 0.517. The molecule has 0 amide bonds. The first-order valence-electron chi connectivity index (χ1n) is 3.90. The maximum absolute atomic E-state index is 13.1. The summed E-state index contributed by atoms with van der Waals surface area (Å²) in [6, 6.07) is 8.10. The number of rotatable bonds is 1. The Labute approximate surface area is 75.0 Å². The highest BCUT2D eigenvalue weighted by Crippen LogP contribution is 2.18. The third-order valence-electron chi connectivity index (χ3n) is 1.86. The van der Waals surface area contributed by atoms with E-state index in [4.69, 9.17) is 4.74 Å². The third-order valence-corrected chi connectivity index (χ3v) is 1.86. The molecule has 0 aliphatic rings. The van der Waals surface area contributed by atoms with E-state index in [1.165, 1.54) is 13.2 Å². The summed E-state index contributed by atoms with van der Waals surface area (Å²) in [6.45, 7) is 0. The van der Waals surface area contributed by atoms with E-state index in [2.05, 4.69) is 4.98 Å². The number of hydrogen-bond acceptors (Lipinski definition) is 2. The zero-order valence-electron chi connectivity index (χ0n) is 7.12. The van der Waals surface area contributed by atoms with Gasteiger partial charge in [0.05, 0.1) is 12.6 Å². The summed E-state index contributed by atoms with van der Waals surface area (Å²) < 4.78 is 18.1. The van der Waals surface area contributed by atoms with Gasteiger partial charge in [0, 0.05) is 11.5 Å². The first-order chi connectivity index (χ1) is 6.31. The number of methoxy groups -OCH3 is 1. The molecule has 2 nitrogen and oxygen atoms in total. The van der Waals surface area contributed by atoms with Crippen LogP contribution >= 0.6 is 0 Å². The molecular weight excluding hydrogens is 169 g/mol. The lowest BCUT2D eigenvalue weighted by molar-refractivity contribution is 0.399. The molecule has 0 atom stereocenters. The Morgan fingerprint density at radius 2 is 2.08 bits per heavy atom. The molecule has 0 saturated heterocycles. The van der Waals surface area contributed by atoms with Crippen molar-refractivity contribution in [3.63, 3.8) is 0 Å². The molecule has 2 aromatic rings. The lowest BCUT2D eigenvalue weighted by Crippen LogP contribution is -1.88. The molecule has 13 heavy (non-hydrogen) atoms. The Bertz CT molecular complexity index is 442. The van der Waals surface area contributed by atoms with Crippen LogP contribution in [-0.2, 0) is 0 Å². The van der Waals surface area contributed by atoms with Crippen molar-refractivity contribution in [2.45, 2.75) is 0 Å². The largest absolute Gasteiger partial charge is 0.481 e. The van der Waals surface area contributed by atoms with Crippen molar-refractivity contribution in [1.29, 1.82) is 0 Å². The van der Waals surface area contributed by atoms with Crippen molar-refractivity contribution in [3.05, 3.63) is 36.1 Å². The fraction of sp³-hybridized carbons (Fsp3) is 0.100. The summed E-state index contributed by atoms with van der Waals surface area (Å²) >= 11 is 0. The van der Waals surface area contributed by atoms with E-state index in [1.807, 2.05) is 0 Å². The summed E-state index contributed by atoms with van der Waals surface area (Å²) in [6.07, 6.45) is 0. The zero-order chi connectivity index (χ0) is 9.26. The predicted octanol–water partition coefficient (Wildman–Crippen LogP) is 2.38. The van der Waals surface area contributed by atoms with Gasteiger partial charge in [0.2, 0.25) is 5.88 Å². The quantitative estimate of drug-likeness (QED) is 0.667. The molecule has 3 heteroatoms. The fourth-order valence-corrected chi connectivity index (χ4v) is 1.21. The Balaban J connectivity index is 2.72. The first-order valence-corrected chi connectivity index (χ1v) is 3.90. The molecule has 0 saturated carbocycles. The lowest BCUT2D eigenvalue weighted by atomic mass is 10.2. The van der Waals surface area contributed by atoms with Crippen molar-refractivity contribution in [2.24, 2.45) is 0 Å². The van der Waals surface area contributed by atoms with Crippen molar-refractivity contribution in [3.8, 4) is 5.88 Å². The van der Waals surface area contributed by atoms with Crippen LogP contribution in [0.3, 0.4) is 0 Å². The highest BCUT2D eigenvalue weighted by molar-refractivity contribution is 5.79. The van der Waals surface area contributed by atoms with Gasteiger partial charge >= 0.3 is 0 Å². The van der Waals surface area contributed by atoms with Gasteiger partial charge in [-0.1, -0.05) is 6.07 Å². The second-order valence-corrected chi connectivity index (χ2v) is 2.66. The van der Waals surface area contributed by atoms with Crippen molar-refractivity contribution < 1.29 is 9.13 Å². The van der Waals surface area contributed by atoms with E-state index in [0.29, 0.717) is 16.8 Å². The number of nitrogens with zero attached hydrogens (tertiary/aromatic N) is 1. The van der Waals surface area contributed by atoms with E-state index in [1.54, 1.807) is 24.3 Å². The molecule has 2 rings (SSSR count). The second-order valence-electron chi connectivity index (χ2n) is 2.66. The average molecular weight is 177 g/mol. The summed E-state index contributed by atoms with van der Waals surface area (Å²) in [4.78, 5) is 4.09. The van der Waals surface area contributed by atoms with E-state index in [9.17, 15) is 4.39 Å². The van der Waals surface area contributed by atoms with Crippen LogP contribution in [0.2, 0.25) is 0 Å². The summed E-state index contributed by atoms with van der Waals surface area (Å²) in [5.41, 5.74) is 0.611. The number of fused-ring (bicyclic) bond motifs is 1. The number of pyridine rings is 1. The second kappa shape index (κ2) is 3.01. The van der Waals surface area contributed by atoms with Gasteiger partial charge in [0.15, 0.2) is 0 Å². The van der Waals surface area contributed by atoms with Gasteiger partial charge in [0.25, 0.3) is 0 Å². The van der Waals surface area contributed by atoms with E-state index in [0.717, 1.165) is 0 Å². The lowest BCUT2D eigenvalue weighted by Gasteiger charge is -2.01. The van der Waals surface area contributed by atoms with Gasteiger partial charge in [-0.3, -0.25) is 0 Å². The van der Waals surface area contributed by atoms with E-state index >= 15 is 0 Å². The molecule has 66 valence electrons. The van der Waals surface area contributed by atoms with Crippen molar-refractivity contribution in [2.75, 3.05) is 7.11 Å². The van der Waals surface area contributed by atoms with Crippen LogP contribution in [0, 0.1) is 5.82 Å². The molecule has 0 fully saturated rings. The molecule has 0 aliphatic carbocycles. The molecule has 0 radical (unpaired) electrons. The van der Waals surface area contributed by atoms with Crippen LogP contribution in [0.5, 0.6) is 5.88 Å². The number of halogens is 1. The number of ether oxygens (including phenoxy) is 1. The molecule has 0 N–H and O–H groups in total. The van der Waals surface area contributed by atoms with Gasteiger partial charge in [-0.25, -0.2) is 9.37 Å². The molecule has 1 aromatic heterocycles. The monoisotopic (exact) mass is 177 g/mol. The maximum Gasteiger partial charge on any atom is 0.213 e. The standard InChI is InChI=1S/C10H8FNO/c1-13-10-6-5-7-8(11)3-2-4-9(7)12-10/h2-6H,1H3. The van der Waals surface area contributed by atoms with E-state index in [-0.39, 0.29) is 5.82 Å². The van der Waals surface area contributed by atoms with Crippen LogP contribution in [0.25, 0.3) is 10.9 Å². The normalized spacial score (nSPS) is 10.3. The number of aromatic nitrogens is 1. The van der Waals surface area contributed by atoms with Crippen LogP contribution in [0.15, 0.2) is 30.3 Å². The minimum atomic E-state index is -0.257. The highest BCUT2D eigenvalue weighted by Gasteiger charge is 2.01. The topological polar surface area (TPSA) is 22.1 Å². The minimum absolute atomic E-state index is 0.257. The molecule has 1 heterocycles. The summed E-state index contributed by atoms with van der Waals surface area (Å²) in [7, 11) is 1.54. The molecule has 1 aromatic carbocycles. The number of benzene rings is 1. The van der Waals surface area contributed by atoms with Crippen molar-refractivity contribution >= 4 is 10.9 Å². The third kappa shape index (κ3) is 1.33. The molecule has 0 unspecified atom stereocenters. The smallest absolute Gasteiger partial charge is 0.213 e. The Morgan fingerprint density at radius 1 is 1.23 bits per heavy atom.